The number of esters is 2. The average molecular weight is 493 g/mol. The lowest BCUT2D eigenvalue weighted by molar-refractivity contribution is -0.150. The van der Waals surface area contributed by atoms with Gasteiger partial charge in [0.1, 0.15) is 24.7 Å². The van der Waals surface area contributed by atoms with Gasteiger partial charge in [-0.05, 0) is 6.42 Å². The van der Waals surface area contributed by atoms with E-state index in [9.17, 15) is 14.4 Å². The topological polar surface area (TPSA) is 89.9 Å². The highest BCUT2D eigenvalue weighted by molar-refractivity contribution is 8.77. The van der Waals surface area contributed by atoms with Gasteiger partial charge in [-0.2, -0.15) is 0 Å². The summed E-state index contributed by atoms with van der Waals surface area (Å²) in [6.45, 7) is 2.36. The van der Waals surface area contributed by atoms with E-state index in [4.69, 9.17) is 14.6 Å². The first-order valence-corrected chi connectivity index (χ1v) is 14.8. The molecule has 0 aliphatic heterocycles. The molecular formula is C24H44O6S2. The first-order valence-electron chi connectivity index (χ1n) is 12.3. The number of carboxylic acids is 1. The van der Waals surface area contributed by atoms with Crippen LogP contribution < -0.4 is 0 Å². The van der Waals surface area contributed by atoms with Crippen molar-refractivity contribution in [2.24, 2.45) is 0 Å². The van der Waals surface area contributed by atoms with Crippen LogP contribution in [0.1, 0.15) is 110 Å². The highest BCUT2D eigenvalue weighted by Gasteiger charge is 2.07. The summed E-state index contributed by atoms with van der Waals surface area (Å²) in [4.78, 5) is 33.4. The highest BCUT2D eigenvalue weighted by Crippen LogP contribution is 2.20. The molecule has 0 aliphatic carbocycles. The second-order valence-electron chi connectivity index (χ2n) is 8.06. The summed E-state index contributed by atoms with van der Waals surface area (Å²) < 4.78 is 10.00. The maximum atomic E-state index is 11.7. The van der Waals surface area contributed by atoms with Gasteiger partial charge in [-0.15, -0.1) is 0 Å². The fraction of sp³-hybridized carbons (Fsp3) is 0.875. The van der Waals surface area contributed by atoms with E-state index >= 15 is 0 Å². The summed E-state index contributed by atoms with van der Waals surface area (Å²) in [7, 11) is 2.22. The zero-order valence-corrected chi connectivity index (χ0v) is 21.6. The molecule has 8 heteroatoms. The van der Waals surface area contributed by atoms with Crippen molar-refractivity contribution in [3.8, 4) is 0 Å². The number of ether oxygens (including phenoxy) is 2. The number of carbonyl (C=O) groups excluding carboxylic acids is 2. The maximum Gasteiger partial charge on any atom is 0.316 e. The Kier molecular flexibility index (Phi) is 24.1. The number of unbranched alkanes of at least 4 members (excludes halogenated alkanes) is 14. The van der Waals surface area contributed by atoms with E-state index < -0.39 is 11.9 Å². The van der Waals surface area contributed by atoms with Crippen LogP contribution in [-0.2, 0) is 23.9 Å². The molecule has 0 saturated heterocycles. The Morgan fingerprint density at radius 3 is 1.47 bits per heavy atom. The summed E-state index contributed by atoms with van der Waals surface area (Å²) in [5.41, 5.74) is 0. The molecule has 6 nitrogen and oxygen atoms in total. The van der Waals surface area contributed by atoms with Gasteiger partial charge in [0.25, 0.3) is 0 Å². The lowest BCUT2D eigenvalue weighted by Crippen LogP contribution is -2.14. The number of carbonyl (C=O) groups is 3. The second kappa shape index (κ2) is 24.7. The van der Waals surface area contributed by atoms with Crippen LogP contribution in [0.25, 0.3) is 0 Å². The summed E-state index contributed by atoms with van der Waals surface area (Å²) in [5.74, 6) is -1.59. The van der Waals surface area contributed by atoms with Crippen molar-refractivity contribution in [1.82, 2.24) is 0 Å². The van der Waals surface area contributed by atoms with E-state index in [0.29, 0.717) is 6.42 Å². The van der Waals surface area contributed by atoms with E-state index in [0.717, 1.165) is 34.4 Å². The molecule has 0 heterocycles. The van der Waals surface area contributed by atoms with E-state index in [-0.39, 0.29) is 30.7 Å². The van der Waals surface area contributed by atoms with Crippen molar-refractivity contribution in [3.63, 3.8) is 0 Å². The molecule has 0 radical (unpaired) electrons. The molecule has 0 aliphatic rings. The lowest BCUT2D eigenvalue weighted by atomic mass is 10.0. The quantitative estimate of drug-likeness (QED) is 0.0893. The van der Waals surface area contributed by atoms with Crippen LogP contribution in [0.4, 0.5) is 0 Å². The van der Waals surface area contributed by atoms with Crippen molar-refractivity contribution < 1.29 is 29.0 Å². The van der Waals surface area contributed by atoms with Gasteiger partial charge in [0.2, 0.25) is 0 Å². The number of aliphatic carboxylic acids is 1. The minimum atomic E-state index is -0.920. The van der Waals surface area contributed by atoms with Crippen LogP contribution in [0.15, 0.2) is 0 Å². The molecule has 0 aromatic carbocycles. The second-order valence-corrected chi connectivity index (χ2v) is 10.5. The predicted molar refractivity (Wildman–Crippen MR) is 134 cm³/mol. The van der Waals surface area contributed by atoms with Crippen molar-refractivity contribution in [3.05, 3.63) is 0 Å². The molecule has 1 N–H and O–H groups in total. The summed E-state index contributed by atoms with van der Waals surface area (Å²) in [6, 6.07) is 0. The van der Waals surface area contributed by atoms with Crippen LogP contribution in [0, 0.1) is 0 Å². The fourth-order valence-corrected chi connectivity index (χ4v) is 4.79. The average Bonchev–Trinajstić information content (AvgIpc) is 2.77. The smallest absolute Gasteiger partial charge is 0.316 e. The van der Waals surface area contributed by atoms with Gasteiger partial charge < -0.3 is 14.6 Å². The monoisotopic (exact) mass is 492 g/mol. The molecular weight excluding hydrogens is 448 g/mol. The summed E-state index contributed by atoms with van der Waals surface area (Å²) in [6.07, 6.45) is 19.8. The molecule has 0 amide bonds. The van der Waals surface area contributed by atoms with Crippen molar-refractivity contribution >= 4 is 39.5 Å². The van der Waals surface area contributed by atoms with Crippen LogP contribution in [-0.4, -0.2) is 47.7 Å². The van der Waals surface area contributed by atoms with Gasteiger partial charge in [0.05, 0.1) is 0 Å². The van der Waals surface area contributed by atoms with Gasteiger partial charge in [-0.1, -0.05) is 118 Å². The van der Waals surface area contributed by atoms with Crippen molar-refractivity contribution in [2.75, 3.05) is 24.7 Å². The van der Waals surface area contributed by atoms with Crippen LogP contribution in [0.2, 0.25) is 0 Å². The Bertz CT molecular complexity index is 473. The van der Waals surface area contributed by atoms with Gasteiger partial charge >= 0.3 is 17.9 Å². The lowest BCUT2D eigenvalue weighted by Gasteiger charge is -2.06. The molecule has 0 bridgehead atoms. The minimum Gasteiger partial charge on any atom is -0.481 e. The maximum absolute atomic E-state index is 11.7. The molecule has 0 rings (SSSR count). The third kappa shape index (κ3) is 25.4. The van der Waals surface area contributed by atoms with E-state index in [2.05, 4.69) is 6.92 Å². The summed E-state index contributed by atoms with van der Waals surface area (Å²) >= 11 is 0. The Morgan fingerprint density at radius 1 is 0.594 bits per heavy atom. The molecule has 0 aromatic rings. The zero-order chi connectivity index (χ0) is 23.7. The first-order chi connectivity index (χ1) is 15.6. The number of hydrogen-bond donors (Lipinski definition) is 1. The number of carboxylic acid groups (broad SMARTS) is 1. The SMILES string of the molecule is CCCCCCCCCCCCCCCCCC(=O)OCCOC(=O)CSSCC(=O)O. The normalized spacial score (nSPS) is 10.8. The van der Waals surface area contributed by atoms with Crippen LogP contribution in [0.5, 0.6) is 0 Å². The molecule has 0 spiro atoms. The Balaban J connectivity index is 3.26. The Hall–Kier alpha value is -0.890. The predicted octanol–water partition coefficient (Wildman–Crippen LogP) is 6.80. The van der Waals surface area contributed by atoms with Crippen molar-refractivity contribution in [2.45, 2.75) is 110 Å². The van der Waals surface area contributed by atoms with Gasteiger partial charge in [0, 0.05) is 6.42 Å². The molecule has 0 atom stereocenters. The fourth-order valence-electron chi connectivity index (χ4n) is 3.25. The first kappa shape index (κ1) is 31.1. The third-order valence-corrected chi connectivity index (χ3v) is 7.13. The van der Waals surface area contributed by atoms with Crippen LogP contribution in [0.3, 0.4) is 0 Å². The van der Waals surface area contributed by atoms with E-state index in [1.165, 1.54) is 83.5 Å². The van der Waals surface area contributed by atoms with Crippen LogP contribution >= 0.6 is 21.6 Å². The molecule has 0 unspecified atom stereocenters. The largest absolute Gasteiger partial charge is 0.481 e. The third-order valence-electron chi connectivity index (χ3n) is 5.04. The Labute approximate surface area is 202 Å². The molecule has 188 valence electrons. The Morgan fingerprint density at radius 2 is 1.00 bits per heavy atom. The van der Waals surface area contributed by atoms with Gasteiger partial charge in [-0.3, -0.25) is 14.4 Å². The van der Waals surface area contributed by atoms with Gasteiger partial charge in [-0.25, -0.2) is 0 Å². The zero-order valence-electron chi connectivity index (χ0n) is 19.9. The number of hydrogen-bond acceptors (Lipinski definition) is 7. The molecule has 32 heavy (non-hydrogen) atoms. The molecule has 0 aromatic heterocycles. The minimum absolute atomic E-state index is 0.0353. The van der Waals surface area contributed by atoms with Crippen molar-refractivity contribution in [1.29, 1.82) is 0 Å². The number of rotatable bonds is 24. The summed E-state index contributed by atoms with van der Waals surface area (Å²) in [5, 5.41) is 8.49. The van der Waals surface area contributed by atoms with E-state index in [1.54, 1.807) is 0 Å². The van der Waals surface area contributed by atoms with E-state index in [1.807, 2.05) is 0 Å². The van der Waals surface area contributed by atoms with Gasteiger partial charge in [0.15, 0.2) is 0 Å². The molecule has 0 saturated carbocycles. The molecule has 0 fully saturated rings. The highest BCUT2D eigenvalue weighted by atomic mass is 33.1. The standard InChI is InChI=1S/C24H44O6S2/c1-2-3-4-5-6-7-8-9-10-11-12-13-14-15-16-17-23(27)29-18-19-30-24(28)21-32-31-20-22(25)26/h2-21H2,1H3,(H,25,26).